The molecule has 7 heteroatoms. The third kappa shape index (κ3) is 3.82. The highest BCUT2D eigenvalue weighted by atomic mass is 32.1. The number of aromatic nitrogens is 2. The minimum atomic E-state index is -0.0515. The Morgan fingerprint density at radius 2 is 1.72 bits per heavy atom. The van der Waals surface area contributed by atoms with Crippen LogP contribution in [0.5, 0.6) is 0 Å². The van der Waals surface area contributed by atoms with Gasteiger partial charge in [-0.3, -0.25) is 9.59 Å². The van der Waals surface area contributed by atoms with Crippen LogP contribution in [0.3, 0.4) is 0 Å². The average Bonchev–Trinajstić information content (AvgIpc) is 3.39. The summed E-state index contributed by atoms with van der Waals surface area (Å²) in [6, 6.07) is 12.1. The van der Waals surface area contributed by atoms with E-state index in [1.54, 1.807) is 27.8 Å². The molecule has 1 aliphatic rings. The number of carbonyl (C=O) groups excluding carboxylic acids is 2. The molecule has 1 aliphatic heterocycles. The van der Waals surface area contributed by atoms with Gasteiger partial charge in [0.1, 0.15) is 11.4 Å². The Bertz CT molecular complexity index is 1050. The molecule has 2 amide bonds. The molecule has 3 aromatic rings. The van der Waals surface area contributed by atoms with Gasteiger partial charge in [-0.2, -0.15) is 5.10 Å². The SMILES string of the molecule is CC(=O)N1CCN(C(=O)c2cc(-c3cccs3)nn2-c2cc(C)ccc2C)CC1. The zero-order valence-electron chi connectivity index (χ0n) is 16.9. The monoisotopic (exact) mass is 408 g/mol. The van der Waals surface area contributed by atoms with Gasteiger partial charge in [0.2, 0.25) is 5.91 Å². The van der Waals surface area contributed by atoms with Gasteiger partial charge in [-0.25, -0.2) is 4.68 Å². The summed E-state index contributed by atoms with van der Waals surface area (Å²) in [5.74, 6) is 0.00178. The van der Waals surface area contributed by atoms with Gasteiger partial charge in [0.15, 0.2) is 0 Å². The second-order valence-corrected chi connectivity index (χ2v) is 8.34. The van der Waals surface area contributed by atoms with Crippen LogP contribution in [0.25, 0.3) is 16.3 Å². The van der Waals surface area contributed by atoms with Gasteiger partial charge in [-0.1, -0.05) is 18.2 Å². The number of hydrogen-bond acceptors (Lipinski definition) is 4. The molecule has 0 spiro atoms. The molecular formula is C22H24N4O2S. The van der Waals surface area contributed by atoms with Crippen LogP contribution < -0.4 is 0 Å². The predicted molar refractivity (Wildman–Crippen MR) is 115 cm³/mol. The normalized spacial score (nSPS) is 14.3. The molecule has 4 rings (SSSR count). The number of rotatable bonds is 3. The van der Waals surface area contributed by atoms with E-state index in [1.807, 2.05) is 42.3 Å². The van der Waals surface area contributed by atoms with E-state index < -0.39 is 0 Å². The maximum absolute atomic E-state index is 13.4. The van der Waals surface area contributed by atoms with E-state index in [1.165, 1.54) is 0 Å². The molecule has 0 bridgehead atoms. The van der Waals surface area contributed by atoms with Crippen molar-refractivity contribution in [2.24, 2.45) is 0 Å². The van der Waals surface area contributed by atoms with Crippen molar-refractivity contribution in [3.8, 4) is 16.3 Å². The molecule has 1 fully saturated rings. The molecule has 0 aliphatic carbocycles. The van der Waals surface area contributed by atoms with Crippen LogP contribution in [-0.2, 0) is 4.79 Å². The fraction of sp³-hybridized carbons (Fsp3) is 0.318. The average molecular weight is 409 g/mol. The third-order valence-electron chi connectivity index (χ3n) is 5.31. The van der Waals surface area contributed by atoms with Gasteiger partial charge in [-0.05, 0) is 48.6 Å². The molecule has 150 valence electrons. The van der Waals surface area contributed by atoms with Crippen LogP contribution in [0.4, 0.5) is 0 Å². The molecule has 2 aromatic heterocycles. The van der Waals surface area contributed by atoms with E-state index in [9.17, 15) is 9.59 Å². The number of amides is 2. The van der Waals surface area contributed by atoms with Crippen LogP contribution >= 0.6 is 11.3 Å². The van der Waals surface area contributed by atoms with Crippen LogP contribution in [0, 0.1) is 13.8 Å². The number of nitrogens with zero attached hydrogens (tertiary/aromatic N) is 4. The molecule has 29 heavy (non-hydrogen) atoms. The quantitative estimate of drug-likeness (QED) is 0.666. The van der Waals surface area contributed by atoms with Gasteiger partial charge in [0.25, 0.3) is 5.91 Å². The van der Waals surface area contributed by atoms with Crippen molar-refractivity contribution in [3.63, 3.8) is 0 Å². The molecule has 0 unspecified atom stereocenters. The van der Waals surface area contributed by atoms with E-state index in [4.69, 9.17) is 5.10 Å². The summed E-state index contributed by atoms with van der Waals surface area (Å²) in [5.41, 5.74) is 4.45. The molecule has 6 nitrogen and oxygen atoms in total. The zero-order valence-corrected chi connectivity index (χ0v) is 17.7. The summed E-state index contributed by atoms with van der Waals surface area (Å²) in [6.45, 7) is 7.83. The Balaban J connectivity index is 1.73. The van der Waals surface area contributed by atoms with Gasteiger partial charge in [0, 0.05) is 33.1 Å². The molecule has 0 radical (unpaired) electrons. The van der Waals surface area contributed by atoms with Crippen molar-refractivity contribution >= 4 is 23.2 Å². The first kappa shape index (κ1) is 19.4. The van der Waals surface area contributed by atoms with E-state index in [0.717, 1.165) is 27.4 Å². The van der Waals surface area contributed by atoms with Crippen molar-refractivity contribution in [2.75, 3.05) is 26.2 Å². The second kappa shape index (κ2) is 7.83. The minimum absolute atomic E-state index is 0.0515. The van der Waals surface area contributed by atoms with E-state index in [0.29, 0.717) is 31.9 Å². The lowest BCUT2D eigenvalue weighted by Gasteiger charge is -2.34. The number of hydrogen-bond donors (Lipinski definition) is 0. The number of carbonyl (C=O) groups is 2. The summed E-state index contributed by atoms with van der Waals surface area (Å²) in [6.07, 6.45) is 0. The number of thiophene rings is 1. The molecule has 0 saturated carbocycles. The number of piperazine rings is 1. The highest BCUT2D eigenvalue weighted by Crippen LogP contribution is 2.28. The van der Waals surface area contributed by atoms with E-state index in [-0.39, 0.29) is 11.8 Å². The summed E-state index contributed by atoms with van der Waals surface area (Å²) < 4.78 is 1.77. The lowest BCUT2D eigenvalue weighted by Crippen LogP contribution is -2.50. The molecule has 0 N–H and O–H groups in total. The Morgan fingerprint density at radius 1 is 1.00 bits per heavy atom. The Morgan fingerprint density at radius 3 is 2.38 bits per heavy atom. The minimum Gasteiger partial charge on any atom is -0.339 e. The first-order chi connectivity index (χ1) is 13.9. The van der Waals surface area contributed by atoms with Gasteiger partial charge in [-0.15, -0.1) is 11.3 Å². The van der Waals surface area contributed by atoms with Crippen molar-refractivity contribution in [2.45, 2.75) is 20.8 Å². The zero-order chi connectivity index (χ0) is 20.5. The van der Waals surface area contributed by atoms with Crippen molar-refractivity contribution in [1.82, 2.24) is 19.6 Å². The first-order valence-electron chi connectivity index (χ1n) is 9.70. The van der Waals surface area contributed by atoms with E-state index in [2.05, 4.69) is 18.2 Å². The summed E-state index contributed by atoms with van der Waals surface area (Å²) in [7, 11) is 0. The fourth-order valence-corrected chi connectivity index (χ4v) is 4.28. The van der Waals surface area contributed by atoms with Crippen molar-refractivity contribution in [3.05, 3.63) is 58.6 Å². The van der Waals surface area contributed by atoms with Gasteiger partial charge >= 0.3 is 0 Å². The lowest BCUT2D eigenvalue weighted by atomic mass is 10.1. The summed E-state index contributed by atoms with van der Waals surface area (Å²) in [4.78, 5) is 29.6. The third-order valence-corrected chi connectivity index (χ3v) is 6.20. The summed E-state index contributed by atoms with van der Waals surface area (Å²) in [5, 5.41) is 6.81. The predicted octanol–water partition coefficient (Wildman–Crippen LogP) is 3.52. The number of benzene rings is 1. The number of aryl methyl sites for hydroxylation is 2. The molecule has 1 saturated heterocycles. The highest BCUT2D eigenvalue weighted by Gasteiger charge is 2.27. The maximum Gasteiger partial charge on any atom is 0.272 e. The molecule has 3 heterocycles. The molecule has 0 atom stereocenters. The Hall–Kier alpha value is -2.93. The van der Waals surface area contributed by atoms with Crippen LogP contribution in [-0.4, -0.2) is 57.6 Å². The van der Waals surface area contributed by atoms with Crippen LogP contribution in [0.1, 0.15) is 28.5 Å². The van der Waals surface area contributed by atoms with E-state index >= 15 is 0 Å². The maximum atomic E-state index is 13.4. The highest BCUT2D eigenvalue weighted by molar-refractivity contribution is 7.13. The largest absolute Gasteiger partial charge is 0.339 e. The lowest BCUT2D eigenvalue weighted by molar-refractivity contribution is -0.130. The molecular weight excluding hydrogens is 384 g/mol. The molecule has 1 aromatic carbocycles. The van der Waals surface area contributed by atoms with Crippen LogP contribution in [0.15, 0.2) is 41.8 Å². The smallest absolute Gasteiger partial charge is 0.272 e. The van der Waals surface area contributed by atoms with Crippen molar-refractivity contribution < 1.29 is 9.59 Å². The summed E-state index contributed by atoms with van der Waals surface area (Å²) >= 11 is 1.61. The Kier molecular flexibility index (Phi) is 5.24. The van der Waals surface area contributed by atoms with Crippen molar-refractivity contribution in [1.29, 1.82) is 0 Å². The second-order valence-electron chi connectivity index (χ2n) is 7.39. The van der Waals surface area contributed by atoms with Crippen LogP contribution in [0.2, 0.25) is 0 Å². The van der Waals surface area contributed by atoms with Gasteiger partial charge < -0.3 is 9.80 Å². The first-order valence-corrected chi connectivity index (χ1v) is 10.6. The topological polar surface area (TPSA) is 58.4 Å². The fourth-order valence-electron chi connectivity index (χ4n) is 3.60. The standard InChI is InChI=1S/C22H24N4O2S/c1-15-6-7-16(2)19(13-15)26-20(14-18(23-26)21-5-4-12-29-21)22(28)25-10-8-24(9-11-25)17(3)27/h4-7,12-14H,8-11H2,1-3H3. The van der Waals surface area contributed by atoms with Gasteiger partial charge in [0.05, 0.1) is 10.6 Å². The Labute approximate surface area is 174 Å².